The number of ether oxygens (including phenoxy) is 4. The van der Waals surface area contributed by atoms with Crippen LogP contribution in [0.2, 0.25) is 0 Å². The first-order valence-electron chi connectivity index (χ1n) is 13.9. The molecule has 0 aliphatic carbocycles. The third kappa shape index (κ3) is 6.69. The van der Waals surface area contributed by atoms with Crippen LogP contribution in [0.3, 0.4) is 0 Å². The first-order chi connectivity index (χ1) is 22.3. The number of pyridine rings is 1. The second-order valence-corrected chi connectivity index (χ2v) is 11.1. The SMILES string of the molecule is COc1cccc(-c2ccc(C#N)c(SC3CC(=O)N(c4ccc(C(=O)OCC(=O)c5ccc(OC)c(OC)c5)cc4)C3=O)n2)c1. The summed E-state index contributed by atoms with van der Waals surface area (Å²) < 4.78 is 20.9. The lowest BCUT2D eigenvalue weighted by Gasteiger charge is -2.15. The van der Waals surface area contributed by atoms with E-state index in [0.29, 0.717) is 28.0 Å². The van der Waals surface area contributed by atoms with Gasteiger partial charge in [0.2, 0.25) is 11.8 Å². The number of Topliss-reactive ketones (excluding diaryl/α,β-unsaturated/α-hetero) is 1. The zero-order valence-electron chi connectivity index (χ0n) is 25.0. The average Bonchev–Trinajstić information content (AvgIpc) is 3.37. The number of carbonyl (C=O) groups excluding carboxylic acids is 4. The summed E-state index contributed by atoms with van der Waals surface area (Å²) in [6.45, 7) is -0.504. The van der Waals surface area contributed by atoms with Crippen LogP contribution in [0.15, 0.2) is 83.9 Å². The molecule has 1 unspecified atom stereocenters. The minimum absolute atomic E-state index is 0.0957. The fourth-order valence-electron chi connectivity index (χ4n) is 4.71. The third-order valence-electron chi connectivity index (χ3n) is 7.11. The highest BCUT2D eigenvalue weighted by molar-refractivity contribution is 8.00. The van der Waals surface area contributed by atoms with Gasteiger partial charge < -0.3 is 18.9 Å². The average molecular weight is 638 g/mol. The van der Waals surface area contributed by atoms with Crippen molar-refractivity contribution in [2.75, 3.05) is 32.8 Å². The summed E-state index contributed by atoms with van der Waals surface area (Å²) >= 11 is 1.05. The molecule has 0 radical (unpaired) electrons. The minimum Gasteiger partial charge on any atom is -0.497 e. The van der Waals surface area contributed by atoms with Crippen LogP contribution >= 0.6 is 11.8 Å². The second kappa shape index (κ2) is 14.0. The Morgan fingerprint density at radius 1 is 0.913 bits per heavy atom. The predicted octanol–water partition coefficient (Wildman–Crippen LogP) is 5.11. The quantitative estimate of drug-likeness (QED) is 0.123. The van der Waals surface area contributed by atoms with Gasteiger partial charge in [-0.2, -0.15) is 5.26 Å². The van der Waals surface area contributed by atoms with Crippen molar-refractivity contribution in [2.24, 2.45) is 0 Å². The van der Waals surface area contributed by atoms with Gasteiger partial charge in [-0.15, -0.1) is 0 Å². The Labute approximate surface area is 268 Å². The Kier molecular flexibility index (Phi) is 9.64. The maximum Gasteiger partial charge on any atom is 0.338 e. The van der Waals surface area contributed by atoms with E-state index in [1.807, 2.05) is 18.2 Å². The molecule has 12 heteroatoms. The zero-order chi connectivity index (χ0) is 32.8. The number of anilines is 1. The summed E-state index contributed by atoms with van der Waals surface area (Å²) in [4.78, 5) is 57.2. The van der Waals surface area contributed by atoms with Crippen molar-refractivity contribution in [3.63, 3.8) is 0 Å². The van der Waals surface area contributed by atoms with Gasteiger partial charge in [-0.05, 0) is 66.7 Å². The van der Waals surface area contributed by atoms with Gasteiger partial charge in [-0.1, -0.05) is 23.9 Å². The summed E-state index contributed by atoms with van der Waals surface area (Å²) in [7, 11) is 4.49. The minimum atomic E-state index is -0.806. The van der Waals surface area contributed by atoms with Crippen molar-refractivity contribution >= 4 is 41.0 Å². The number of imide groups is 1. The topological polar surface area (TPSA) is 145 Å². The Morgan fingerprint density at radius 2 is 1.65 bits per heavy atom. The molecule has 0 saturated carbocycles. The van der Waals surface area contributed by atoms with Crippen LogP contribution in [-0.2, 0) is 14.3 Å². The highest BCUT2D eigenvalue weighted by atomic mass is 32.2. The van der Waals surface area contributed by atoms with Gasteiger partial charge in [0, 0.05) is 17.5 Å². The van der Waals surface area contributed by atoms with Gasteiger partial charge >= 0.3 is 5.97 Å². The number of methoxy groups -OCH3 is 3. The van der Waals surface area contributed by atoms with Gasteiger partial charge in [0.05, 0.1) is 49.1 Å². The Hall–Kier alpha value is -5.67. The van der Waals surface area contributed by atoms with Crippen molar-refractivity contribution in [1.82, 2.24) is 4.98 Å². The number of nitrogens with zero attached hydrogens (tertiary/aromatic N) is 3. The van der Waals surface area contributed by atoms with Crippen molar-refractivity contribution < 1.29 is 38.1 Å². The molecular formula is C34H27N3O8S. The first-order valence-corrected chi connectivity index (χ1v) is 14.8. The number of rotatable bonds is 11. The van der Waals surface area contributed by atoms with Crippen LogP contribution in [0.1, 0.15) is 32.7 Å². The number of aromatic nitrogens is 1. The largest absolute Gasteiger partial charge is 0.497 e. The standard InChI is InChI=1S/C34H27N3O8S/c1-42-25-6-4-5-21(15-25)26-13-9-23(18-35)32(36-26)46-30-17-31(39)37(33(30)40)24-11-7-20(8-12-24)34(41)45-19-27(38)22-10-14-28(43-2)29(16-22)44-3/h4-16,30H,17,19H2,1-3H3. The number of thioether (sulfide) groups is 1. The van der Waals surface area contributed by atoms with Gasteiger partial charge in [0.25, 0.3) is 0 Å². The van der Waals surface area contributed by atoms with E-state index in [0.717, 1.165) is 22.2 Å². The molecule has 5 rings (SSSR count). The van der Waals surface area contributed by atoms with E-state index in [-0.39, 0.29) is 28.8 Å². The fourth-order valence-corrected chi connectivity index (χ4v) is 5.81. The monoisotopic (exact) mass is 637 g/mol. The number of hydrogen-bond donors (Lipinski definition) is 0. The number of esters is 1. The van der Waals surface area contributed by atoms with Gasteiger partial charge in [0.15, 0.2) is 23.9 Å². The molecule has 3 aromatic carbocycles. The second-order valence-electron chi connectivity index (χ2n) is 9.89. The molecule has 1 fully saturated rings. The van der Waals surface area contributed by atoms with Crippen LogP contribution in [0.4, 0.5) is 5.69 Å². The number of nitriles is 1. The van der Waals surface area contributed by atoms with E-state index in [4.69, 9.17) is 18.9 Å². The summed E-state index contributed by atoms with van der Waals surface area (Å²) in [5.74, 6) is -0.620. The normalized spacial score (nSPS) is 14.0. The molecule has 1 saturated heterocycles. The van der Waals surface area contributed by atoms with Gasteiger partial charge in [-0.3, -0.25) is 14.4 Å². The number of amides is 2. The number of ketones is 1. The molecule has 2 heterocycles. The first kappa shape index (κ1) is 31.7. The molecule has 0 bridgehead atoms. The molecule has 11 nitrogen and oxygen atoms in total. The molecule has 0 spiro atoms. The van der Waals surface area contributed by atoms with E-state index in [1.165, 1.54) is 50.6 Å². The smallest absolute Gasteiger partial charge is 0.338 e. The summed E-state index contributed by atoms with van der Waals surface area (Å²) in [5, 5.41) is 9.19. The van der Waals surface area contributed by atoms with Crippen LogP contribution in [0.5, 0.6) is 17.2 Å². The number of carbonyl (C=O) groups is 4. The number of hydrogen-bond acceptors (Lipinski definition) is 11. The molecule has 1 aliphatic rings. The molecule has 2 amide bonds. The molecule has 1 atom stereocenters. The molecular weight excluding hydrogens is 610 g/mol. The van der Waals surface area contributed by atoms with E-state index in [2.05, 4.69) is 11.1 Å². The molecule has 1 aliphatic heterocycles. The lowest BCUT2D eigenvalue weighted by atomic mass is 10.1. The van der Waals surface area contributed by atoms with Crippen LogP contribution in [-0.4, -0.2) is 61.7 Å². The van der Waals surface area contributed by atoms with Crippen molar-refractivity contribution in [1.29, 1.82) is 5.26 Å². The molecule has 0 N–H and O–H groups in total. The molecule has 46 heavy (non-hydrogen) atoms. The lowest BCUT2D eigenvalue weighted by molar-refractivity contribution is -0.121. The van der Waals surface area contributed by atoms with Crippen LogP contribution in [0.25, 0.3) is 11.3 Å². The van der Waals surface area contributed by atoms with Crippen LogP contribution < -0.4 is 19.1 Å². The zero-order valence-corrected chi connectivity index (χ0v) is 25.8. The van der Waals surface area contributed by atoms with E-state index in [9.17, 15) is 24.4 Å². The van der Waals surface area contributed by atoms with Crippen molar-refractivity contribution in [2.45, 2.75) is 16.7 Å². The lowest BCUT2D eigenvalue weighted by Crippen LogP contribution is -2.31. The Balaban J connectivity index is 1.25. The van der Waals surface area contributed by atoms with Crippen molar-refractivity contribution in [3.8, 4) is 34.6 Å². The highest BCUT2D eigenvalue weighted by Crippen LogP contribution is 2.36. The van der Waals surface area contributed by atoms with Crippen LogP contribution in [0, 0.1) is 11.3 Å². The van der Waals surface area contributed by atoms with E-state index < -0.39 is 35.4 Å². The Morgan fingerprint density at radius 3 is 2.35 bits per heavy atom. The highest BCUT2D eigenvalue weighted by Gasteiger charge is 2.41. The molecule has 232 valence electrons. The summed E-state index contributed by atoms with van der Waals surface area (Å²) in [6, 6.07) is 23.1. The maximum absolute atomic E-state index is 13.4. The third-order valence-corrected chi connectivity index (χ3v) is 8.29. The summed E-state index contributed by atoms with van der Waals surface area (Å²) in [6.07, 6.45) is -0.0957. The predicted molar refractivity (Wildman–Crippen MR) is 168 cm³/mol. The van der Waals surface area contributed by atoms with Crippen molar-refractivity contribution in [3.05, 3.63) is 95.6 Å². The fraction of sp³-hybridized carbons (Fsp3) is 0.176. The molecule has 1 aromatic heterocycles. The Bertz CT molecular complexity index is 1870. The van der Waals surface area contributed by atoms with E-state index >= 15 is 0 Å². The number of benzene rings is 3. The van der Waals surface area contributed by atoms with Gasteiger partial charge in [-0.25, -0.2) is 14.7 Å². The molecule has 4 aromatic rings. The van der Waals surface area contributed by atoms with E-state index in [1.54, 1.807) is 31.4 Å². The van der Waals surface area contributed by atoms with Gasteiger partial charge in [0.1, 0.15) is 16.8 Å². The summed E-state index contributed by atoms with van der Waals surface area (Å²) in [5.41, 5.74) is 2.32. The maximum atomic E-state index is 13.4.